The molecule has 3 aliphatic rings. The summed E-state index contributed by atoms with van der Waals surface area (Å²) in [4.78, 5) is 13.9. The van der Waals surface area contributed by atoms with Gasteiger partial charge in [0.15, 0.2) is 5.58 Å². The van der Waals surface area contributed by atoms with Crippen LogP contribution in [0.3, 0.4) is 0 Å². The molecule has 13 heteroatoms. The lowest BCUT2D eigenvalue weighted by Crippen LogP contribution is -2.46. The lowest BCUT2D eigenvalue weighted by atomic mass is 10.1. The van der Waals surface area contributed by atoms with E-state index in [2.05, 4.69) is 25.3 Å². The second-order valence-corrected chi connectivity index (χ2v) is 12.8. The zero-order valence-electron chi connectivity index (χ0n) is 22.4. The fraction of sp³-hybridized carbons (Fsp3) is 0.577. The summed E-state index contributed by atoms with van der Waals surface area (Å²) in [5, 5.41) is 29.6. The average Bonchev–Trinajstić information content (AvgIpc) is 3.69. The Morgan fingerprint density at radius 1 is 1.18 bits per heavy atom. The number of aromatic nitrogens is 3. The van der Waals surface area contributed by atoms with Gasteiger partial charge in [-0.2, -0.15) is 4.98 Å². The highest BCUT2D eigenvalue weighted by atomic mass is 32.2. The molecule has 5 unspecified atom stereocenters. The van der Waals surface area contributed by atoms with Crippen molar-refractivity contribution >= 4 is 32.8 Å². The molecule has 3 heterocycles. The number of anilines is 2. The number of rotatable bonds is 10. The molecule has 3 aliphatic carbocycles. The molecule has 3 fully saturated rings. The number of ether oxygens (including phenoxy) is 1. The number of hydrogen-bond donors (Lipinski definition) is 5. The Kier molecular flexibility index (Phi) is 6.25. The number of aryl methyl sites for hydroxylation is 2. The van der Waals surface area contributed by atoms with Gasteiger partial charge in [-0.05, 0) is 52.0 Å². The number of aliphatic hydroxyl groups excluding tert-OH is 1. The standard InChI is InChI=1S/C26H34N6O6S/c1-5-37-19-9-15-8-18(38-21(15)13(3)28-19)20-12(2)29-25(27-11-14-6-7-14)31-24(20)30-17-10-16-22(32-39(4,35)36)26(16,34)23(17)33/h8-9,14,16-17,22-23,32-34H,5-7,10-11H2,1-4H3,(H2,27,29,30,31). The first kappa shape index (κ1) is 26.2. The molecule has 6 rings (SSSR count). The Morgan fingerprint density at radius 2 is 1.95 bits per heavy atom. The molecule has 210 valence electrons. The van der Waals surface area contributed by atoms with E-state index in [0.29, 0.717) is 64.9 Å². The maximum absolute atomic E-state index is 11.7. The van der Waals surface area contributed by atoms with Gasteiger partial charge in [-0.25, -0.2) is 23.1 Å². The number of pyridine rings is 1. The van der Waals surface area contributed by atoms with Crippen molar-refractivity contribution in [3.05, 3.63) is 23.5 Å². The highest BCUT2D eigenvalue weighted by molar-refractivity contribution is 7.88. The van der Waals surface area contributed by atoms with Crippen molar-refractivity contribution in [2.75, 3.05) is 30.0 Å². The van der Waals surface area contributed by atoms with Gasteiger partial charge in [-0.15, -0.1) is 0 Å². The average molecular weight is 559 g/mol. The molecule has 3 saturated carbocycles. The summed E-state index contributed by atoms with van der Waals surface area (Å²) >= 11 is 0. The topological polar surface area (TPSA) is 172 Å². The summed E-state index contributed by atoms with van der Waals surface area (Å²) in [7, 11) is -3.52. The third kappa shape index (κ3) is 4.81. The van der Waals surface area contributed by atoms with Crippen LogP contribution in [0, 0.1) is 25.7 Å². The maximum Gasteiger partial charge on any atom is 0.224 e. The molecule has 3 aromatic heterocycles. The molecule has 5 atom stereocenters. The lowest BCUT2D eigenvalue weighted by molar-refractivity contribution is -0.000705. The molecule has 0 saturated heterocycles. The SMILES string of the molecule is CCOc1cc2cc(-c3c(C)nc(NCC4CC4)nc3NC3CC4C(NS(C)(=O)=O)C4(O)C3O)oc2c(C)n1. The van der Waals surface area contributed by atoms with Crippen molar-refractivity contribution in [3.63, 3.8) is 0 Å². The van der Waals surface area contributed by atoms with E-state index >= 15 is 0 Å². The van der Waals surface area contributed by atoms with Crippen LogP contribution in [0.15, 0.2) is 16.5 Å². The number of hydrogen-bond acceptors (Lipinski definition) is 11. The molecule has 12 nitrogen and oxygen atoms in total. The molecular formula is C26H34N6O6S. The van der Waals surface area contributed by atoms with Crippen LogP contribution in [0.1, 0.15) is 37.6 Å². The van der Waals surface area contributed by atoms with Gasteiger partial charge in [0.05, 0.1) is 41.9 Å². The molecule has 5 N–H and O–H groups in total. The highest BCUT2D eigenvalue weighted by Gasteiger charge is 2.74. The predicted molar refractivity (Wildman–Crippen MR) is 145 cm³/mol. The van der Waals surface area contributed by atoms with Crippen molar-refractivity contribution in [1.29, 1.82) is 0 Å². The molecule has 0 spiro atoms. The first-order valence-corrected chi connectivity index (χ1v) is 15.2. The maximum atomic E-state index is 11.7. The van der Waals surface area contributed by atoms with E-state index in [-0.39, 0.29) is 0 Å². The monoisotopic (exact) mass is 558 g/mol. The van der Waals surface area contributed by atoms with Crippen molar-refractivity contribution in [2.45, 2.75) is 63.8 Å². The number of fused-ring (bicyclic) bond motifs is 2. The number of nitrogens with one attached hydrogen (secondary N) is 3. The number of sulfonamides is 1. The van der Waals surface area contributed by atoms with Crippen LogP contribution in [-0.2, 0) is 10.0 Å². The van der Waals surface area contributed by atoms with Gasteiger partial charge in [0.2, 0.25) is 21.9 Å². The van der Waals surface area contributed by atoms with Crippen LogP contribution in [0.2, 0.25) is 0 Å². The third-order valence-corrected chi connectivity index (χ3v) is 8.61. The molecule has 0 aromatic carbocycles. The fourth-order valence-electron chi connectivity index (χ4n) is 5.77. The second-order valence-electron chi connectivity index (χ2n) is 11.0. The Morgan fingerprint density at radius 3 is 2.59 bits per heavy atom. The minimum absolute atomic E-state index is 0.360. The first-order chi connectivity index (χ1) is 18.5. The van der Waals surface area contributed by atoms with E-state index in [1.54, 1.807) is 0 Å². The largest absolute Gasteiger partial charge is 0.478 e. The molecule has 0 aliphatic heterocycles. The second kappa shape index (κ2) is 9.29. The summed E-state index contributed by atoms with van der Waals surface area (Å²) in [6.07, 6.45) is 2.56. The quantitative estimate of drug-likeness (QED) is 0.246. The van der Waals surface area contributed by atoms with Crippen LogP contribution in [0.25, 0.3) is 22.3 Å². The fourth-order valence-corrected chi connectivity index (χ4v) is 6.58. The summed E-state index contributed by atoms with van der Waals surface area (Å²) in [5.74, 6) is 2.18. The minimum atomic E-state index is -3.52. The highest BCUT2D eigenvalue weighted by Crippen LogP contribution is 2.56. The molecule has 0 radical (unpaired) electrons. The van der Waals surface area contributed by atoms with E-state index in [4.69, 9.17) is 14.1 Å². The smallest absolute Gasteiger partial charge is 0.224 e. The third-order valence-electron chi connectivity index (χ3n) is 7.93. The van der Waals surface area contributed by atoms with Gasteiger partial charge in [0.25, 0.3) is 0 Å². The summed E-state index contributed by atoms with van der Waals surface area (Å²) in [6.45, 7) is 6.90. The molecule has 0 bridgehead atoms. The zero-order valence-corrected chi connectivity index (χ0v) is 23.2. The van der Waals surface area contributed by atoms with Gasteiger partial charge >= 0.3 is 0 Å². The van der Waals surface area contributed by atoms with E-state index in [9.17, 15) is 18.6 Å². The van der Waals surface area contributed by atoms with Crippen molar-refractivity contribution in [2.24, 2.45) is 11.8 Å². The van der Waals surface area contributed by atoms with E-state index in [1.165, 1.54) is 12.8 Å². The Balaban J connectivity index is 1.34. The summed E-state index contributed by atoms with van der Waals surface area (Å²) in [6, 6.07) is 2.45. The van der Waals surface area contributed by atoms with Gasteiger partial charge in [0.1, 0.15) is 23.3 Å². The molecule has 39 heavy (non-hydrogen) atoms. The van der Waals surface area contributed by atoms with Crippen molar-refractivity contribution in [3.8, 4) is 17.2 Å². The van der Waals surface area contributed by atoms with E-state index in [1.807, 2.05) is 32.9 Å². The van der Waals surface area contributed by atoms with Gasteiger partial charge in [0, 0.05) is 23.9 Å². The van der Waals surface area contributed by atoms with Crippen LogP contribution in [0.5, 0.6) is 5.88 Å². The van der Waals surface area contributed by atoms with E-state index in [0.717, 1.165) is 18.2 Å². The first-order valence-electron chi connectivity index (χ1n) is 13.3. The Bertz CT molecular complexity index is 1540. The van der Waals surface area contributed by atoms with Gasteiger partial charge in [-0.3, -0.25) is 0 Å². The minimum Gasteiger partial charge on any atom is -0.478 e. The van der Waals surface area contributed by atoms with Crippen LogP contribution < -0.4 is 20.1 Å². The van der Waals surface area contributed by atoms with Crippen LogP contribution in [0.4, 0.5) is 11.8 Å². The number of aliphatic hydroxyl groups is 2. The van der Waals surface area contributed by atoms with Crippen molar-refractivity contribution in [1.82, 2.24) is 19.7 Å². The van der Waals surface area contributed by atoms with Crippen LogP contribution >= 0.6 is 0 Å². The number of nitrogens with zero attached hydrogens (tertiary/aromatic N) is 3. The molecular weight excluding hydrogens is 524 g/mol. The summed E-state index contributed by atoms with van der Waals surface area (Å²) in [5.41, 5.74) is 1.09. The van der Waals surface area contributed by atoms with Gasteiger partial charge < -0.3 is 30.0 Å². The Labute approximate surface area is 226 Å². The van der Waals surface area contributed by atoms with Gasteiger partial charge in [-0.1, -0.05) is 0 Å². The Hall–Kier alpha value is -3.00. The number of furan rings is 1. The van der Waals surface area contributed by atoms with Crippen molar-refractivity contribution < 1.29 is 27.8 Å². The summed E-state index contributed by atoms with van der Waals surface area (Å²) < 4.78 is 37.7. The van der Waals surface area contributed by atoms with E-state index < -0.39 is 39.7 Å². The van der Waals surface area contributed by atoms with Crippen LogP contribution in [-0.4, -0.2) is 76.8 Å². The predicted octanol–water partition coefficient (Wildman–Crippen LogP) is 1.95. The normalized spacial score (nSPS) is 27.9. The molecule has 0 amide bonds. The molecule has 3 aromatic rings. The zero-order chi connectivity index (χ0) is 27.7. The lowest BCUT2D eigenvalue weighted by Gasteiger charge is -2.26.